The van der Waals surface area contributed by atoms with E-state index in [4.69, 9.17) is 9.47 Å². The minimum atomic E-state index is 0.102. The number of likely N-dealkylation sites (N-methyl/N-ethyl adjacent to an activating group) is 1. The Bertz CT molecular complexity index is 754. The maximum Gasteiger partial charge on any atom is 0.241 e. The first-order valence-electron chi connectivity index (χ1n) is 9.57. The summed E-state index contributed by atoms with van der Waals surface area (Å²) in [5, 5.41) is 0. The van der Waals surface area contributed by atoms with Crippen LogP contribution in [0, 0.1) is 0 Å². The molecule has 1 heterocycles. The van der Waals surface area contributed by atoms with Gasteiger partial charge in [-0.05, 0) is 49.0 Å². The molecule has 2 aromatic rings. The van der Waals surface area contributed by atoms with E-state index in [-0.39, 0.29) is 5.91 Å². The van der Waals surface area contributed by atoms with Crippen LogP contribution in [-0.2, 0) is 11.3 Å². The number of ether oxygens (including phenoxy) is 2. The Kier molecular flexibility index (Phi) is 6.90. The summed E-state index contributed by atoms with van der Waals surface area (Å²) < 4.78 is 10.5. The number of piperazine rings is 1. The molecule has 1 aliphatic rings. The number of hydrogen-bond acceptors (Lipinski definition) is 5. The lowest BCUT2D eigenvalue weighted by atomic mass is 10.1. The molecule has 0 unspecified atom stereocenters. The molecule has 1 saturated heterocycles. The molecule has 0 N–H and O–H groups in total. The molecule has 0 aromatic heterocycles. The van der Waals surface area contributed by atoms with Gasteiger partial charge in [-0.25, -0.2) is 0 Å². The van der Waals surface area contributed by atoms with Crippen LogP contribution in [0.2, 0.25) is 0 Å². The van der Waals surface area contributed by atoms with Gasteiger partial charge in [-0.1, -0.05) is 12.1 Å². The van der Waals surface area contributed by atoms with Crippen LogP contribution in [0.1, 0.15) is 5.56 Å². The summed E-state index contributed by atoms with van der Waals surface area (Å²) in [6.45, 7) is 4.77. The third kappa shape index (κ3) is 5.24. The predicted molar refractivity (Wildman–Crippen MR) is 111 cm³/mol. The smallest absolute Gasteiger partial charge is 0.241 e. The first-order valence-corrected chi connectivity index (χ1v) is 9.57. The number of benzene rings is 2. The molecule has 28 heavy (non-hydrogen) atoms. The van der Waals surface area contributed by atoms with Gasteiger partial charge in [0.2, 0.25) is 5.91 Å². The van der Waals surface area contributed by atoms with Crippen LogP contribution in [0.3, 0.4) is 0 Å². The Morgan fingerprint density at radius 3 is 1.96 bits per heavy atom. The number of hydrogen-bond donors (Lipinski definition) is 0. The standard InChI is InChI=1S/C22H29N3O3/c1-23-12-14-24(15-13-23)17-22(26)25(19-6-10-21(28-3)11-7-19)16-18-4-8-20(27-2)9-5-18/h4-11H,12-17H2,1-3H3. The molecule has 1 amide bonds. The zero-order chi connectivity index (χ0) is 19.9. The van der Waals surface area contributed by atoms with Crippen LogP contribution in [-0.4, -0.2) is 69.7 Å². The van der Waals surface area contributed by atoms with Crippen LogP contribution in [0.25, 0.3) is 0 Å². The first-order chi connectivity index (χ1) is 13.6. The van der Waals surface area contributed by atoms with Crippen molar-refractivity contribution in [3.63, 3.8) is 0 Å². The van der Waals surface area contributed by atoms with Gasteiger partial charge in [-0.2, -0.15) is 0 Å². The maximum absolute atomic E-state index is 13.2. The van der Waals surface area contributed by atoms with E-state index in [0.717, 1.165) is 48.9 Å². The van der Waals surface area contributed by atoms with Crippen LogP contribution >= 0.6 is 0 Å². The van der Waals surface area contributed by atoms with Crippen molar-refractivity contribution in [1.29, 1.82) is 0 Å². The highest BCUT2D eigenvalue weighted by molar-refractivity contribution is 5.94. The summed E-state index contributed by atoms with van der Waals surface area (Å²) in [6.07, 6.45) is 0. The Balaban J connectivity index is 1.77. The average molecular weight is 383 g/mol. The second kappa shape index (κ2) is 9.57. The van der Waals surface area contributed by atoms with Gasteiger partial charge in [0.25, 0.3) is 0 Å². The molecule has 2 aromatic carbocycles. The van der Waals surface area contributed by atoms with Crippen molar-refractivity contribution in [2.75, 3.05) is 58.9 Å². The SMILES string of the molecule is COc1ccc(CN(C(=O)CN2CCN(C)CC2)c2ccc(OC)cc2)cc1. The molecule has 0 aliphatic carbocycles. The van der Waals surface area contributed by atoms with Gasteiger partial charge in [-0.3, -0.25) is 9.69 Å². The van der Waals surface area contributed by atoms with Crippen LogP contribution < -0.4 is 14.4 Å². The zero-order valence-corrected chi connectivity index (χ0v) is 16.9. The van der Waals surface area contributed by atoms with Gasteiger partial charge >= 0.3 is 0 Å². The normalized spacial score (nSPS) is 15.2. The fraction of sp³-hybridized carbons (Fsp3) is 0.409. The summed E-state index contributed by atoms with van der Waals surface area (Å²) >= 11 is 0. The summed E-state index contributed by atoms with van der Waals surface area (Å²) in [6, 6.07) is 15.5. The number of anilines is 1. The Morgan fingerprint density at radius 1 is 0.893 bits per heavy atom. The van der Waals surface area contributed by atoms with Crippen molar-refractivity contribution in [1.82, 2.24) is 9.80 Å². The van der Waals surface area contributed by atoms with E-state index < -0.39 is 0 Å². The van der Waals surface area contributed by atoms with Crippen LogP contribution in [0.15, 0.2) is 48.5 Å². The molecule has 1 fully saturated rings. The molecule has 0 bridgehead atoms. The van der Waals surface area contributed by atoms with E-state index in [1.807, 2.05) is 53.4 Å². The topological polar surface area (TPSA) is 45.2 Å². The minimum Gasteiger partial charge on any atom is -0.497 e. The van der Waals surface area contributed by atoms with Crippen molar-refractivity contribution < 1.29 is 14.3 Å². The van der Waals surface area contributed by atoms with Gasteiger partial charge in [-0.15, -0.1) is 0 Å². The van der Waals surface area contributed by atoms with Crippen molar-refractivity contribution in [2.24, 2.45) is 0 Å². The monoisotopic (exact) mass is 383 g/mol. The second-order valence-corrected chi connectivity index (χ2v) is 7.11. The molecule has 0 atom stereocenters. The van der Waals surface area contributed by atoms with Gasteiger partial charge in [0, 0.05) is 31.9 Å². The fourth-order valence-electron chi connectivity index (χ4n) is 3.28. The molecule has 1 aliphatic heterocycles. The molecule has 150 valence electrons. The molecule has 0 saturated carbocycles. The molecular formula is C22H29N3O3. The van der Waals surface area contributed by atoms with E-state index in [1.54, 1.807) is 14.2 Å². The number of rotatable bonds is 7. The van der Waals surface area contributed by atoms with Gasteiger partial charge in [0.05, 0.1) is 27.3 Å². The summed E-state index contributed by atoms with van der Waals surface area (Å²) in [7, 11) is 5.41. The third-order valence-corrected chi connectivity index (χ3v) is 5.14. The Morgan fingerprint density at radius 2 is 1.43 bits per heavy atom. The molecule has 6 nitrogen and oxygen atoms in total. The van der Waals surface area contributed by atoms with E-state index in [0.29, 0.717) is 13.1 Å². The highest BCUT2D eigenvalue weighted by atomic mass is 16.5. The van der Waals surface area contributed by atoms with Crippen molar-refractivity contribution >= 4 is 11.6 Å². The minimum absolute atomic E-state index is 0.102. The number of carbonyl (C=O) groups excluding carboxylic acids is 1. The lowest BCUT2D eigenvalue weighted by Crippen LogP contribution is -2.48. The van der Waals surface area contributed by atoms with Gasteiger partial charge < -0.3 is 19.3 Å². The summed E-state index contributed by atoms with van der Waals surface area (Å²) in [5.74, 6) is 1.69. The van der Waals surface area contributed by atoms with Crippen molar-refractivity contribution in [2.45, 2.75) is 6.54 Å². The third-order valence-electron chi connectivity index (χ3n) is 5.14. The molecular weight excluding hydrogens is 354 g/mol. The van der Waals surface area contributed by atoms with Crippen LogP contribution in [0.5, 0.6) is 11.5 Å². The van der Waals surface area contributed by atoms with E-state index in [9.17, 15) is 4.79 Å². The maximum atomic E-state index is 13.2. The number of methoxy groups -OCH3 is 2. The summed E-state index contributed by atoms with van der Waals surface area (Å²) in [4.78, 5) is 19.6. The highest BCUT2D eigenvalue weighted by Crippen LogP contribution is 2.22. The predicted octanol–water partition coefficient (Wildman–Crippen LogP) is 2.48. The number of amides is 1. The van der Waals surface area contributed by atoms with Gasteiger partial charge in [0.1, 0.15) is 11.5 Å². The van der Waals surface area contributed by atoms with Crippen LogP contribution in [0.4, 0.5) is 5.69 Å². The molecule has 6 heteroatoms. The largest absolute Gasteiger partial charge is 0.497 e. The van der Waals surface area contributed by atoms with Crippen molar-refractivity contribution in [3.8, 4) is 11.5 Å². The second-order valence-electron chi connectivity index (χ2n) is 7.11. The van der Waals surface area contributed by atoms with E-state index in [2.05, 4.69) is 16.8 Å². The molecule has 3 rings (SSSR count). The highest BCUT2D eigenvalue weighted by Gasteiger charge is 2.22. The quantitative estimate of drug-likeness (QED) is 0.735. The molecule has 0 radical (unpaired) electrons. The van der Waals surface area contributed by atoms with Gasteiger partial charge in [0.15, 0.2) is 0 Å². The van der Waals surface area contributed by atoms with E-state index in [1.165, 1.54) is 0 Å². The first kappa shape index (κ1) is 20.2. The lowest BCUT2D eigenvalue weighted by molar-refractivity contribution is -0.120. The Labute approximate surface area is 167 Å². The van der Waals surface area contributed by atoms with E-state index >= 15 is 0 Å². The fourth-order valence-corrected chi connectivity index (χ4v) is 3.28. The number of nitrogens with zero attached hydrogens (tertiary/aromatic N) is 3. The average Bonchev–Trinajstić information content (AvgIpc) is 2.74. The van der Waals surface area contributed by atoms with Crippen molar-refractivity contribution in [3.05, 3.63) is 54.1 Å². The summed E-state index contributed by atoms with van der Waals surface area (Å²) in [5.41, 5.74) is 1.93. The zero-order valence-electron chi connectivity index (χ0n) is 16.9. The number of carbonyl (C=O) groups is 1. The molecule has 0 spiro atoms. The Hall–Kier alpha value is -2.57. The lowest BCUT2D eigenvalue weighted by Gasteiger charge is -2.33.